The predicted molar refractivity (Wildman–Crippen MR) is 92.0 cm³/mol. The van der Waals surface area contributed by atoms with Crippen molar-refractivity contribution in [2.24, 2.45) is 5.92 Å². The Labute approximate surface area is 163 Å². The van der Waals surface area contributed by atoms with Crippen molar-refractivity contribution in [1.29, 1.82) is 0 Å². The number of ether oxygens (including phenoxy) is 2. The van der Waals surface area contributed by atoms with Gasteiger partial charge >= 0.3 is 18.2 Å². The fourth-order valence-corrected chi connectivity index (χ4v) is 2.59. The first-order valence-electron chi connectivity index (χ1n) is 8.35. The Kier molecular flexibility index (Phi) is 7.02. The van der Waals surface area contributed by atoms with Gasteiger partial charge in [-0.05, 0) is 12.1 Å². The lowest BCUT2D eigenvalue weighted by molar-refractivity contribution is -0.152. The molecule has 0 radical (unpaired) electrons. The molecule has 1 aromatic carbocycles. The van der Waals surface area contributed by atoms with Crippen molar-refractivity contribution < 1.29 is 41.8 Å². The number of hydrogen-bond acceptors (Lipinski definition) is 6. The number of halogens is 3. The van der Waals surface area contributed by atoms with Gasteiger partial charge in [0.05, 0.1) is 18.7 Å². The Bertz CT molecular complexity index is 799. The van der Waals surface area contributed by atoms with E-state index in [9.17, 15) is 32.3 Å². The van der Waals surface area contributed by atoms with Crippen LogP contribution < -0.4 is 20.3 Å². The third-order valence-electron chi connectivity index (χ3n) is 3.88. The number of urea groups is 1. The Morgan fingerprint density at radius 2 is 1.93 bits per heavy atom. The Morgan fingerprint density at radius 1 is 1.24 bits per heavy atom. The van der Waals surface area contributed by atoms with Crippen LogP contribution in [0.2, 0.25) is 0 Å². The monoisotopic (exact) mass is 417 g/mol. The number of hydrogen-bond donors (Lipinski definition) is 2. The fraction of sp³-hybridized carbons (Fsp3) is 0.412. The van der Waals surface area contributed by atoms with Gasteiger partial charge in [-0.2, -0.15) is 13.2 Å². The molecule has 1 heterocycles. The number of imide groups is 1. The normalized spacial score (nSPS) is 16.3. The molecule has 0 aliphatic carbocycles. The van der Waals surface area contributed by atoms with Crippen molar-refractivity contribution >= 4 is 29.5 Å². The van der Waals surface area contributed by atoms with E-state index in [-0.39, 0.29) is 18.9 Å². The van der Waals surface area contributed by atoms with Gasteiger partial charge in [-0.25, -0.2) is 4.79 Å². The van der Waals surface area contributed by atoms with Gasteiger partial charge in [0.1, 0.15) is 12.3 Å². The maximum Gasteiger partial charge on any atom is 0.405 e. The van der Waals surface area contributed by atoms with Gasteiger partial charge in [-0.1, -0.05) is 12.1 Å². The van der Waals surface area contributed by atoms with Crippen LogP contribution in [0.4, 0.5) is 23.7 Å². The highest BCUT2D eigenvalue weighted by Crippen LogP contribution is 2.33. The molecule has 1 aliphatic heterocycles. The summed E-state index contributed by atoms with van der Waals surface area (Å²) in [6.45, 7) is -2.49. The van der Waals surface area contributed by atoms with Gasteiger partial charge in [0, 0.05) is 13.0 Å². The zero-order chi connectivity index (χ0) is 21.6. The minimum Gasteiger partial charge on any atom is -0.495 e. The van der Waals surface area contributed by atoms with E-state index in [4.69, 9.17) is 9.47 Å². The summed E-state index contributed by atoms with van der Waals surface area (Å²) in [4.78, 5) is 48.4. The van der Waals surface area contributed by atoms with E-state index < -0.39 is 43.2 Å². The predicted octanol–water partition coefficient (Wildman–Crippen LogP) is 0.979. The first-order valence-corrected chi connectivity index (χ1v) is 8.35. The summed E-state index contributed by atoms with van der Waals surface area (Å²) in [5, 5.41) is 3.03. The second kappa shape index (κ2) is 9.26. The lowest BCUT2D eigenvalue weighted by atomic mass is 10.1. The third-order valence-corrected chi connectivity index (χ3v) is 3.88. The van der Waals surface area contributed by atoms with Gasteiger partial charge < -0.3 is 19.7 Å². The molecular weight excluding hydrogens is 399 g/mol. The molecule has 0 spiro atoms. The van der Waals surface area contributed by atoms with Crippen LogP contribution in [-0.4, -0.2) is 56.8 Å². The quantitative estimate of drug-likeness (QED) is 0.667. The molecule has 1 aliphatic rings. The van der Waals surface area contributed by atoms with E-state index in [2.05, 4.69) is 0 Å². The number of esters is 1. The lowest BCUT2D eigenvalue weighted by Crippen LogP contribution is -2.44. The summed E-state index contributed by atoms with van der Waals surface area (Å²) < 4.78 is 45.9. The number of para-hydroxylation sites is 2. The highest BCUT2D eigenvalue weighted by molar-refractivity contribution is 6.01. The number of alkyl halides is 3. The van der Waals surface area contributed by atoms with E-state index in [1.54, 1.807) is 29.6 Å². The van der Waals surface area contributed by atoms with E-state index in [1.165, 1.54) is 17.3 Å². The molecule has 29 heavy (non-hydrogen) atoms. The Hall–Kier alpha value is -3.31. The first kappa shape index (κ1) is 22.0. The average molecular weight is 417 g/mol. The molecule has 2 N–H and O–H groups in total. The highest BCUT2D eigenvalue weighted by atomic mass is 19.4. The minimum atomic E-state index is -4.63. The number of nitrogens with zero attached hydrogens (tertiary/aromatic N) is 1. The van der Waals surface area contributed by atoms with Crippen LogP contribution in [0, 0.1) is 5.92 Å². The molecule has 1 atom stereocenters. The maximum atomic E-state index is 12.2. The topological polar surface area (TPSA) is 114 Å². The third kappa shape index (κ3) is 6.36. The molecule has 0 aromatic heterocycles. The van der Waals surface area contributed by atoms with Gasteiger partial charge in [0.15, 0.2) is 6.61 Å². The van der Waals surface area contributed by atoms with Gasteiger partial charge in [0.2, 0.25) is 5.91 Å². The van der Waals surface area contributed by atoms with Crippen molar-refractivity contribution in [3.05, 3.63) is 24.3 Å². The fourth-order valence-electron chi connectivity index (χ4n) is 2.59. The molecule has 9 nitrogen and oxygen atoms in total. The van der Waals surface area contributed by atoms with Crippen molar-refractivity contribution in [3.63, 3.8) is 0 Å². The molecule has 1 saturated heterocycles. The zero-order valence-corrected chi connectivity index (χ0v) is 15.2. The number of carbonyl (C=O) groups is 4. The Morgan fingerprint density at radius 3 is 2.59 bits per heavy atom. The molecule has 0 bridgehead atoms. The van der Waals surface area contributed by atoms with Crippen LogP contribution in [0.1, 0.15) is 6.42 Å². The number of anilines is 1. The number of methoxy groups -OCH3 is 1. The molecule has 158 valence electrons. The number of benzene rings is 1. The van der Waals surface area contributed by atoms with Gasteiger partial charge in [-0.3, -0.25) is 19.7 Å². The molecule has 4 amide bonds. The zero-order valence-electron chi connectivity index (χ0n) is 15.2. The lowest BCUT2D eigenvalue weighted by Gasteiger charge is -2.19. The summed E-state index contributed by atoms with van der Waals surface area (Å²) >= 11 is 0. The molecule has 1 aromatic rings. The number of rotatable bonds is 6. The average Bonchev–Trinajstić information content (AvgIpc) is 3.05. The van der Waals surface area contributed by atoms with Crippen LogP contribution in [0.3, 0.4) is 0 Å². The SMILES string of the molecule is COc1ccccc1N1C[C@H](C(=O)OCC(=O)NC(=O)NCC(F)(F)F)CC1=O. The van der Waals surface area contributed by atoms with E-state index >= 15 is 0 Å². The number of amides is 4. The highest BCUT2D eigenvalue weighted by Gasteiger charge is 2.37. The number of carbonyl (C=O) groups excluding carboxylic acids is 4. The summed E-state index contributed by atoms with van der Waals surface area (Å²) in [6, 6.07) is 5.35. The maximum absolute atomic E-state index is 12.2. The molecule has 1 fully saturated rings. The first-order chi connectivity index (χ1) is 13.6. The minimum absolute atomic E-state index is 0.00568. The van der Waals surface area contributed by atoms with Gasteiger partial charge in [0.25, 0.3) is 5.91 Å². The van der Waals surface area contributed by atoms with Crippen LogP contribution in [0.25, 0.3) is 0 Å². The van der Waals surface area contributed by atoms with Crippen LogP contribution >= 0.6 is 0 Å². The van der Waals surface area contributed by atoms with Gasteiger partial charge in [-0.15, -0.1) is 0 Å². The van der Waals surface area contributed by atoms with Crippen molar-refractivity contribution in [2.75, 3.05) is 31.7 Å². The largest absolute Gasteiger partial charge is 0.495 e. The van der Waals surface area contributed by atoms with Crippen molar-refractivity contribution in [1.82, 2.24) is 10.6 Å². The molecule has 12 heteroatoms. The summed E-state index contributed by atoms with van der Waals surface area (Å²) in [6.07, 6.45) is -4.78. The Balaban J connectivity index is 1.83. The molecule has 2 rings (SSSR count). The summed E-state index contributed by atoms with van der Waals surface area (Å²) in [5.41, 5.74) is 0.481. The van der Waals surface area contributed by atoms with E-state index in [1.807, 2.05) is 0 Å². The smallest absolute Gasteiger partial charge is 0.405 e. The summed E-state index contributed by atoms with van der Waals surface area (Å²) in [5.74, 6) is -2.70. The van der Waals surface area contributed by atoms with Crippen molar-refractivity contribution in [3.8, 4) is 5.75 Å². The van der Waals surface area contributed by atoms with Crippen LogP contribution in [0.15, 0.2) is 24.3 Å². The standard InChI is InChI=1S/C17H18F3N3O6/c1-28-12-5-3-2-4-11(12)23-7-10(6-14(23)25)15(26)29-8-13(24)22-16(27)21-9-17(18,19)20/h2-5,10H,6-9H2,1H3,(H2,21,22,24,27)/t10-/m1/s1. The molecule has 0 saturated carbocycles. The second-order valence-corrected chi connectivity index (χ2v) is 6.03. The van der Waals surface area contributed by atoms with E-state index in [0.29, 0.717) is 11.4 Å². The van der Waals surface area contributed by atoms with Crippen molar-refractivity contribution in [2.45, 2.75) is 12.6 Å². The number of nitrogens with one attached hydrogen (secondary N) is 2. The van der Waals surface area contributed by atoms with E-state index in [0.717, 1.165) is 0 Å². The second-order valence-electron chi connectivity index (χ2n) is 6.03. The van der Waals surface area contributed by atoms with Crippen LogP contribution in [-0.2, 0) is 19.1 Å². The molecular formula is C17H18F3N3O6. The van der Waals surface area contributed by atoms with Crippen LogP contribution in [0.5, 0.6) is 5.75 Å². The molecule has 0 unspecified atom stereocenters. The summed E-state index contributed by atoms with van der Waals surface area (Å²) in [7, 11) is 1.44.